The number of pyridine rings is 1. The van der Waals surface area contributed by atoms with E-state index < -0.39 is 13.6 Å². The molecule has 0 aromatic carbocycles. The quantitative estimate of drug-likeness (QED) is 0.606. The Balaban J connectivity index is 2.80. The number of carbonyl (C=O) groups is 1. The van der Waals surface area contributed by atoms with Crippen LogP contribution in [0.2, 0.25) is 0 Å². The second-order valence-corrected chi connectivity index (χ2v) is 5.08. The summed E-state index contributed by atoms with van der Waals surface area (Å²) in [5.41, 5.74) is 6.06. The Hall–Kier alpha value is -1.07. The molecule has 1 rings (SSSR count). The molecule has 1 heterocycles. The molecule has 1 atom stereocenters. The Morgan fingerprint density at radius 2 is 2.19 bits per heavy atom. The van der Waals surface area contributed by atoms with Gasteiger partial charge in [-0.3, -0.25) is 14.3 Å². The van der Waals surface area contributed by atoms with Crippen molar-refractivity contribution in [3.05, 3.63) is 24.0 Å². The summed E-state index contributed by atoms with van der Waals surface area (Å²) >= 11 is 0. The van der Waals surface area contributed by atoms with Crippen molar-refractivity contribution in [3.63, 3.8) is 0 Å². The fourth-order valence-corrected chi connectivity index (χ4v) is 1.56. The summed E-state index contributed by atoms with van der Waals surface area (Å²) in [6.07, 6.45) is 1.36. The third kappa shape index (κ3) is 3.50. The molecule has 0 saturated carbocycles. The second kappa shape index (κ2) is 4.84. The van der Waals surface area contributed by atoms with Gasteiger partial charge in [0.25, 0.3) is 0 Å². The minimum absolute atomic E-state index is 0.146. The van der Waals surface area contributed by atoms with Crippen LogP contribution >= 0.6 is 7.60 Å². The highest BCUT2D eigenvalue weighted by molar-refractivity contribution is 7.60. The molecule has 0 aliphatic rings. The summed E-state index contributed by atoms with van der Waals surface area (Å²) in [6, 6.07) is 2.11. The standard InChI is InChI=1S/C9H13N2O4P/c1-6(12)9(10)4-7-2-3-8(5-11-7)16(13,14)15/h2-3,5,9H,4,10H2,1H3,(H2,13,14,15)/t9-/m0/s1. The van der Waals surface area contributed by atoms with Gasteiger partial charge in [0.2, 0.25) is 0 Å². The number of rotatable bonds is 4. The lowest BCUT2D eigenvalue weighted by Crippen LogP contribution is -2.31. The van der Waals surface area contributed by atoms with E-state index in [9.17, 15) is 9.36 Å². The zero-order valence-electron chi connectivity index (χ0n) is 8.70. The van der Waals surface area contributed by atoms with Crippen molar-refractivity contribution < 1.29 is 19.1 Å². The van der Waals surface area contributed by atoms with Crippen LogP contribution in [-0.4, -0.2) is 26.6 Å². The third-order valence-electron chi connectivity index (χ3n) is 2.10. The zero-order chi connectivity index (χ0) is 12.3. The summed E-state index contributed by atoms with van der Waals surface area (Å²) in [5.74, 6) is -0.152. The first-order valence-corrected chi connectivity index (χ1v) is 6.19. The molecule has 0 spiro atoms. The van der Waals surface area contributed by atoms with Gasteiger partial charge in [-0.1, -0.05) is 0 Å². The summed E-state index contributed by atoms with van der Waals surface area (Å²) in [4.78, 5) is 32.4. The van der Waals surface area contributed by atoms with Crippen LogP contribution in [0, 0.1) is 0 Å². The van der Waals surface area contributed by atoms with E-state index in [0.717, 1.165) is 6.20 Å². The van der Waals surface area contributed by atoms with Crippen LogP contribution in [0.4, 0.5) is 0 Å². The molecular weight excluding hydrogens is 231 g/mol. The molecule has 0 bridgehead atoms. The molecule has 0 radical (unpaired) electrons. The topological polar surface area (TPSA) is 114 Å². The van der Waals surface area contributed by atoms with Gasteiger partial charge < -0.3 is 15.5 Å². The largest absolute Gasteiger partial charge is 0.357 e. The van der Waals surface area contributed by atoms with Crippen LogP contribution in [0.3, 0.4) is 0 Å². The van der Waals surface area contributed by atoms with E-state index in [4.69, 9.17) is 15.5 Å². The highest BCUT2D eigenvalue weighted by Gasteiger charge is 2.17. The third-order valence-corrected chi connectivity index (χ3v) is 3.03. The van der Waals surface area contributed by atoms with Crippen molar-refractivity contribution in [2.75, 3.05) is 0 Å². The minimum atomic E-state index is -4.25. The molecule has 0 unspecified atom stereocenters. The van der Waals surface area contributed by atoms with Crippen LogP contribution in [0.1, 0.15) is 12.6 Å². The maximum atomic E-state index is 10.9. The number of aromatic nitrogens is 1. The lowest BCUT2D eigenvalue weighted by molar-refractivity contribution is -0.118. The number of hydrogen-bond donors (Lipinski definition) is 3. The highest BCUT2D eigenvalue weighted by atomic mass is 31.2. The Morgan fingerprint density at radius 3 is 2.56 bits per heavy atom. The van der Waals surface area contributed by atoms with Crippen LogP contribution in [0.15, 0.2) is 18.3 Å². The van der Waals surface area contributed by atoms with Gasteiger partial charge >= 0.3 is 7.60 Å². The van der Waals surface area contributed by atoms with Crippen molar-refractivity contribution in [2.45, 2.75) is 19.4 Å². The molecule has 0 aliphatic heterocycles. The average Bonchev–Trinajstić information content (AvgIpc) is 2.17. The number of hydrogen-bond acceptors (Lipinski definition) is 4. The van der Waals surface area contributed by atoms with E-state index in [1.807, 2.05) is 0 Å². The smallest absolute Gasteiger partial charge is 0.321 e. The maximum Gasteiger partial charge on any atom is 0.357 e. The minimum Gasteiger partial charge on any atom is -0.321 e. The molecule has 1 aromatic heterocycles. The molecule has 0 amide bonds. The number of nitrogens with zero attached hydrogens (tertiary/aromatic N) is 1. The number of nitrogens with two attached hydrogens (primary N) is 1. The van der Waals surface area contributed by atoms with Gasteiger partial charge in [-0.2, -0.15) is 0 Å². The molecule has 16 heavy (non-hydrogen) atoms. The van der Waals surface area contributed by atoms with E-state index >= 15 is 0 Å². The summed E-state index contributed by atoms with van der Waals surface area (Å²) in [5, 5.41) is -0.146. The molecule has 0 aliphatic carbocycles. The molecular formula is C9H13N2O4P. The molecule has 6 nitrogen and oxygen atoms in total. The van der Waals surface area contributed by atoms with E-state index in [-0.39, 0.29) is 17.5 Å². The van der Waals surface area contributed by atoms with Gasteiger partial charge in [-0.05, 0) is 19.1 Å². The molecule has 88 valence electrons. The number of ketones is 1. The van der Waals surface area contributed by atoms with E-state index in [1.165, 1.54) is 19.1 Å². The van der Waals surface area contributed by atoms with Gasteiger partial charge in [0.15, 0.2) is 0 Å². The lowest BCUT2D eigenvalue weighted by atomic mass is 10.1. The van der Waals surface area contributed by atoms with E-state index in [2.05, 4.69) is 4.98 Å². The van der Waals surface area contributed by atoms with Gasteiger partial charge in [-0.25, -0.2) is 0 Å². The Kier molecular flexibility index (Phi) is 3.93. The van der Waals surface area contributed by atoms with Crippen LogP contribution in [0.5, 0.6) is 0 Å². The van der Waals surface area contributed by atoms with Gasteiger partial charge in [-0.15, -0.1) is 0 Å². The first-order valence-electron chi connectivity index (χ1n) is 4.58. The fourth-order valence-electron chi connectivity index (χ4n) is 1.08. The summed E-state index contributed by atoms with van der Waals surface area (Å²) in [7, 11) is -4.25. The van der Waals surface area contributed by atoms with Crippen molar-refractivity contribution in [1.82, 2.24) is 4.98 Å². The van der Waals surface area contributed by atoms with Crippen molar-refractivity contribution in [3.8, 4) is 0 Å². The molecule has 0 saturated heterocycles. The molecule has 4 N–H and O–H groups in total. The molecule has 0 fully saturated rings. The van der Waals surface area contributed by atoms with Crippen LogP contribution < -0.4 is 11.0 Å². The maximum absolute atomic E-state index is 10.9. The summed E-state index contributed by atoms with van der Waals surface area (Å²) in [6.45, 7) is 1.38. The fraction of sp³-hybridized carbons (Fsp3) is 0.333. The predicted octanol–water partition coefficient (Wildman–Crippen LogP) is -0.657. The van der Waals surface area contributed by atoms with Crippen molar-refractivity contribution in [1.29, 1.82) is 0 Å². The normalized spacial score (nSPS) is 13.5. The second-order valence-electron chi connectivity index (χ2n) is 3.47. The Bertz CT molecular complexity index is 426. The van der Waals surface area contributed by atoms with Crippen molar-refractivity contribution >= 4 is 18.7 Å². The summed E-state index contributed by atoms with van der Waals surface area (Å²) < 4.78 is 10.9. The number of carbonyl (C=O) groups excluding carboxylic acids is 1. The van der Waals surface area contributed by atoms with Gasteiger partial charge in [0, 0.05) is 18.3 Å². The number of Topliss-reactive ketones (excluding diaryl/α,β-unsaturated/α-hetero) is 1. The SMILES string of the molecule is CC(=O)[C@@H](N)Cc1ccc(P(=O)(O)O)cn1. The molecule has 1 aromatic rings. The van der Waals surface area contributed by atoms with Crippen LogP contribution in [-0.2, 0) is 15.8 Å². The Morgan fingerprint density at radius 1 is 1.56 bits per heavy atom. The molecule has 7 heteroatoms. The zero-order valence-corrected chi connectivity index (χ0v) is 9.59. The van der Waals surface area contributed by atoms with E-state index in [1.54, 1.807) is 0 Å². The Labute approximate surface area is 92.7 Å². The van der Waals surface area contributed by atoms with Crippen molar-refractivity contribution in [2.24, 2.45) is 5.73 Å². The van der Waals surface area contributed by atoms with Crippen LogP contribution in [0.25, 0.3) is 0 Å². The lowest BCUT2D eigenvalue weighted by Gasteiger charge is -2.08. The van der Waals surface area contributed by atoms with Gasteiger partial charge in [0.05, 0.1) is 11.3 Å². The van der Waals surface area contributed by atoms with Gasteiger partial charge in [0.1, 0.15) is 5.78 Å². The average molecular weight is 244 g/mol. The first kappa shape index (κ1) is 13.0. The van der Waals surface area contributed by atoms with E-state index in [0.29, 0.717) is 5.69 Å². The monoisotopic (exact) mass is 244 g/mol. The predicted molar refractivity (Wildman–Crippen MR) is 58.3 cm³/mol. The first-order chi connectivity index (χ1) is 7.30. The highest BCUT2D eigenvalue weighted by Crippen LogP contribution is 2.32.